The number of halogens is 2. The number of rotatable bonds is 1. The van der Waals surface area contributed by atoms with Gasteiger partial charge in [0.25, 0.3) is 0 Å². The number of carbonyl (C=O) groups excluding carboxylic acids is 1. The Kier molecular flexibility index (Phi) is 7.61. The third-order valence-corrected chi connectivity index (χ3v) is 1.06. The molecule has 64 valence electrons. The van der Waals surface area contributed by atoms with Crippen LogP contribution in [0.15, 0.2) is 30.3 Å². The number of hydrogen-bond donors (Lipinski definition) is 1. The zero-order valence-corrected chi connectivity index (χ0v) is 9.20. The van der Waals surface area contributed by atoms with Gasteiger partial charge in [0.2, 0.25) is 5.91 Å². The van der Waals surface area contributed by atoms with Crippen molar-refractivity contribution in [3.8, 4) is 0 Å². The Labute approximate surface area is 87.7 Å². The molecule has 1 amide bonds. The van der Waals surface area contributed by atoms with E-state index in [4.69, 9.17) is 24.3 Å². The molecule has 0 heterocycles. The van der Waals surface area contributed by atoms with E-state index in [2.05, 4.69) is 0 Å². The van der Waals surface area contributed by atoms with Crippen LogP contribution in [0, 0.1) is 0 Å². The molecule has 1 rings (SSSR count). The van der Waals surface area contributed by atoms with Crippen LogP contribution in [-0.4, -0.2) is 5.91 Å². The van der Waals surface area contributed by atoms with Gasteiger partial charge in [-0.3, -0.25) is 4.79 Å². The summed E-state index contributed by atoms with van der Waals surface area (Å²) in [7, 11) is 9.78. The summed E-state index contributed by atoms with van der Waals surface area (Å²) in [4.78, 5) is 10.4. The van der Waals surface area contributed by atoms with Crippen molar-refractivity contribution in [3.63, 3.8) is 0 Å². The molecule has 0 saturated carbocycles. The van der Waals surface area contributed by atoms with Crippen LogP contribution in [-0.2, 0) is 17.0 Å². The molecular weight excluding hydrogens is 233 g/mol. The molecule has 0 aromatic heterocycles. The molecule has 12 heavy (non-hydrogen) atoms. The standard InChI is InChI=1S/C7H7NO.2ClH.Ti/c8-7(9)6-4-2-1-3-5-6;;;/h1-5H,(H2,8,9);2*1H;/q;;;+2/p-2. The molecule has 2 nitrogen and oxygen atoms in total. The molecule has 0 radical (unpaired) electrons. The Morgan fingerprint density at radius 1 is 1.25 bits per heavy atom. The number of primary amides is 1. The molecule has 0 aliphatic carbocycles. The molecule has 1 aromatic carbocycles. The van der Waals surface area contributed by atoms with Crippen molar-refractivity contribution < 1.29 is 21.8 Å². The summed E-state index contributed by atoms with van der Waals surface area (Å²) in [5.41, 5.74) is 5.53. The van der Waals surface area contributed by atoms with Crippen molar-refractivity contribution in [2.75, 3.05) is 0 Å². The summed E-state index contributed by atoms with van der Waals surface area (Å²) in [6, 6.07) is 8.76. The van der Waals surface area contributed by atoms with Gasteiger partial charge >= 0.3 is 35.6 Å². The van der Waals surface area contributed by atoms with Crippen molar-refractivity contribution in [2.24, 2.45) is 5.73 Å². The molecule has 0 aliphatic heterocycles. The Morgan fingerprint density at radius 3 is 1.92 bits per heavy atom. The molecular formula is C7H7Cl2NOTi. The van der Waals surface area contributed by atoms with Gasteiger partial charge in [0.15, 0.2) is 0 Å². The third-order valence-electron chi connectivity index (χ3n) is 1.06. The zero-order chi connectivity index (χ0) is 9.40. The first kappa shape index (κ1) is 12.0. The van der Waals surface area contributed by atoms with Crippen molar-refractivity contribution in [1.29, 1.82) is 0 Å². The second-order valence-corrected chi connectivity index (χ2v) is 4.38. The molecule has 5 heteroatoms. The minimum atomic E-state index is -0.556. The van der Waals surface area contributed by atoms with Crippen molar-refractivity contribution in [3.05, 3.63) is 35.9 Å². The van der Waals surface area contributed by atoms with Gasteiger partial charge in [-0.15, -0.1) is 0 Å². The van der Waals surface area contributed by atoms with Crippen LogP contribution in [0.4, 0.5) is 0 Å². The first-order valence-electron chi connectivity index (χ1n) is 3.03. The number of benzene rings is 1. The Balaban J connectivity index is 0.000000354. The molecule has 2 N–H and O–H groups in total. The van der Waals surface area contributed by atoms with Gasteiger partial charge in [-0.05, 0) is 12.1 Å². The average molecular weight is 240 g/mol. The first-order chi connectivity index (χ1) is 5.72. The van der Waals surface area contributed by atoms with Crippen LogP contribution in [0.3, 0.4) is 0 Å². The van der Waals surface area contributed by atoms with Gasteiger partial charge in [-0.25, -0.2) is 0 Å². The summed E-state index contributed by atoms with van der Waals surface area (Å²) >= 11 is -0.556. The zero-order valence-electron chi connectivity index (χ0n) is 6.13. The van der Waals surface area contributed by atoms with Crippen LogP contribution in [0.2, 0.25) is 0 Å². The monoisotopic (exact) mass is 239 g/mol. The van der Waals surface area contributed by atoms with E-state index in [1.165, 1.54) is 0 Å². The van der Waals surface area contributed by atoms with Gasteiger partial charge in [-0.1, -0.05) is 18.2 Å². The molecule has 0 saturated heterocycles. The molecule has 0 fully saturated rings. The average Bonchev–Trinajstić information content (AvgIpc) is 2.07. The number of carbonyl (C=O) groups is 1. The predicted molar refractivity (Wildman–Crippen MR) is 46.7 cm³/mol. The second-order valence-electron chi connectivity index (χ2n) is 1.80. The van der Waals surface area contributed by atoms with Crippen LogP contribution in [0.5, 0.6) is 0 Å². The summed E-state index contributed by atoms with van der Waals surface area (Å²) in [5.74, 6) is -0.379. The van der Waals surface area contributed by atoms with Gasteiger partial charge in [0, 0.05) is 5.56 Å². The maximum absolute atomic E-state index is 10.4. The van der Waals surface area contributed by atoms with E-state index < -0.39 is 17.0 Å². The molecule has 0 unspecified atom stereocenters. The summed E-state index contributed by atoms with van der Waals surface area (Å²) in [6.45, 7) is 0. The Morgan fingerprint density at radius 2 is 1.67 bits per heavy atom. The van der Waals surface area contributed by atoms with Gasteiger partial charge in [0.05, 0.1) is 0 Å². The Bertz CT molecular complexity index is 230. The van der Waals surface area contributed by atoms with E-state index in [-0.39, 0.29) is 5.91 Å². The number of hydrogen-bond acceptors (Lipinski definition) is 1. The van der Waals surface area contributed by atoms with E-state index in [1.807, 2.05) is 6.07 Å². The Hall–Kier alpha value is -0.0157. The third kappa shape index (κ3) is 5.61. The number of nitrogens with two attached hydrogens (primary N) is 1. The van der Waals surface area contributed by atoms with Crippen LogP contribution in [0.25, 0.3) is 0 Å². The normalized spacial score (nSPS) is 7.83. The fourth-order valence-electron chi connectivity index (χ4n) is 0.602. The number of amides is 1. The molecule has 0 aliphatic rings. The van der Waals surface area contributed by atoms with Crippen LogP contribution < -0.4 is 5.73 Å². The summed E-state index contributed by atoms with van der Waals surface area (Å²) in [5, 5.41) is 0. The fourth-order valence-corrected chi connectivity index (χ4v) is 0.602. The van der Waals surface area contributed by atoms with Crippen LogP contribution >= 0.6 is 18.6 Å². The fraction of sp³-hybridized carbons (Fsp3) is 0. The predicted octanol–water partition coefficient (Wildman–Crippen LogP) is 2.16. The molecule has 0 atom stereocenters. The van der Waals surface area contributed by atoms with Crippen molar-refractivity contribution in [1.82, 2.24) is 0 Å². The topological polar surface area (TPSA) is 43.1 Å². The van der Waals surface area contributed by atoms with E-state index in [1.54, 1.807) is 24.3 Å². The minimum absolute atomic E-state index is 0.379. The quantitative estimate of drug-likeness (QED) is 0.751. The van der Waals surface area contributed by atoms with E-state index in [0.29, 0.717) is 5.56 Å². The SMILES string of the molecule is NC(=O)c1ccccc1.[Cl][Ti][Cl]. The van der Waals surface area contributed by atoms with Gasteiger partial charge < -0.3 is 5.73 Å². The van der Waals surface area contributed by atoms with Crippen LogP contribution in [0.1, 0.15) is 10.4 Å². The maximum atomic E-state index is 10.4. The first-order valence-corrected chi connectivity index (χ1v) is 7.33. The van der Waals surface area contributed by atoms with E-state index in [0.717, 1.165) is 0 Å². The molecule has 1 aromatic rings. The van der Waals surface area contributed by atoms with Gasteiger partial charge in [-0.2, -0.15) is 0 Å². The summed E-state index contributed by atoms with van der Waals surface area (Å²) < 4.78 is 0. The van der Waals surface area contributed by atoms with E-state index in [9.17, 15) is 4.79 Å². The van der Waals surface area contributed by atoms with E-state index >= 15 is 0 Å². The molecule has 0 spiro atoms. The van der Waals surface area contributed by atoms with Crippen molar-refractivity contribution >= 4 is 24.5 Å². The second kappa shape index (κ2) is 7.62. The van der Waals surface area contributed by atoms with Gasteiger partial charge in [0.1, 0.15) is 0 Å². The molecule has 0 bridgehead atoms. The summed E-state index contributed by atoms with van der Waals surface area (Å²) in [6.07, 6.45) is 0. The van der Waals surface area contributed by atoms with Crippen molar-refractivity contribution in [2.45, 2.75) is 0 Å².